The third-order valence-corrected chi connectivity index (χ3v) is 4.84. The summed E-state index contributed by atoms with van der Waals surface area (Å²) in [6, 6.07) is 10.2. The molecule has 0 amide bonds. The molecule has 0 aliphatic carbocycles. The highest BCUT2D eigenvalue weighted by Gasteiger charge is 2.15. The summed E-state index contributed by atoms with van der Waals surface area (Å²) in [5.74, 6) is 0.662. The first kappa shape index (κ1) is 27.0. The monoisotopic (exact) mass is 436 g/mol. The van der Waals surface area contributed by atoms with E-state index in [2.05, 4.69) is 15.3 Å². The standard InChI is InChI=1S/C21H25N3O2.C3H5N.C2H6/c1-14-6-4-5-7-19(14)20(16(3)25)12-17-13-22-21(23-15(17)2)24-18-8-10-26-11-9-18;1-2-3-4;1-2/h4-7,12-13,18H,8-11H2,1-3H3,(H,22,23,24);2H2,1H3;1-2H3/b20-12+;;. The number of rotatable bonds is 5. The Morgan fingerprint density at radius 1 is 1.25 bits per heavy atom. The average Bonchev–Trinajstić information content (AvgIpc) is 2.81. The minimum Gasteiger partial charge on any atom is -0.381 e. The molecule has 0 spiro atoms. The molecule has 1 saturated heterocycles. The van der Waals surface area contributed by atoms with E-state index < -0.39 is 0 Å². The number of anilines is 1. The zero-order valence-electron chi connectivity index (χ0n) is 20.2. The van der Waals surface area contributed by atoms with Crippen molar-refractivity contribution in [2.75, 3.05) is 18.5 Å². The van der Waals surface area contributed by atoms with Gasteiger partial charge in [-0.3, -0.25) is 4.79 Å². The van der Waals surface area contributed by atoms with Crippen molar-refractivity contribution in [3.8, 4) is 6.07 Å². The van der Waals surface area contributed by atoms with E-state index in [1.807, 2.05) is 71.0 Å². The zero-order chi connectivity index (χ0) is 23.9. The number of aromatic nitrogens is 2. The predicted octanol–water partition coefficient (Wildman–Crippen LogP) is 5.76. The molecule has 6 nitrogen and oxygen atoms in total. The molecule has 1 aromatic carbocycles. The van der Waals surface area contributed by atoms with Crippen LogP contribution in [0.4, 0.5) is 5.95 Å². The number of ketones is 1. The normalized spacial score (nSPS) is 13.6. The van der Waals surface area contributed by atoms with Gasteiger partial charge in [0.25, 0.3) is 0 Å². The number of ether oxygens (including phenoxy) is 1. The first-order valence-corrected chi connectivity index (χ1v) is 11.3. The number of nitrogens with zero attached hydrogens (tertiary/aromatic N) is 3. The lowest BCUT2D eigenvalue weighted by Gasteiger charge is -2.23. The second kappa shape index (κ2) is 14.9. The van der Waals surface area contributed by atoms with Gasteiger partial charge < -0.3 is 10.1 Å². The van der Waals surface area contributed by atoms with E-state index in [4.69, 9.17) is 10.00 Å². The third-order valence-electron chi connectivity index (χ3n) is 4.84. The molecule has 0 radical (unpaired) electrons. The Bertz CT molecular complexity index is 926. The Hall–Kier alpha value is -3.04. The van der Waals surface area contributed by atoms with Gasteiger partial charge in [-0.25, -0.2) is 9.97 Å². The van der Waals surface area contributed by atoms with Crippen molar-refractivity contribution >= 4 is 23.4 Å². The summed E-state index contributed by atoms with van der Waals surface area (Å²) in [6.45, 7) is 12.9. The lowest BCUT2D eigenvalue weighted by atomic mass is 9.96. The highest BCUT2D eigenvalue weighted by molar-refractivity contribution is 6.24. The summed E-state index contributed by atoms with van der Waals surface area (Å²) >= 11 is 0. The molecule has 32 heavy (non-hydrogen) atoms. The van der Waals surface area contributed by atoms with Crippen LogP contribution in [0, 0.1) is 25.2 Å². The fraction of sp³-hybridized carbons (Fsp3) is 0.462. The van der Waals surface area contributed by atoms with E-state index in [0.29, 0.717) is 24.0 Å². The van der Waals surface area contributed by atoms with Crippen molar-refractivity contribution in [2.45, 2.75) is 66.8 Å². The van der Waals surface area contributed by atoms with Crippen molar-refractivity contribution in [2.24, 2.45) is 0 Å². The molecule has 172 valence electrons. The van der Waals surface area contributed by atoms with Crippen LogP contribution in [-0.2, 0) is 9.53 Å². The molecule has 1 aliphatic heterocycles. The van der Waals surface area contributed by atoms with E-state index in [0.717, 1.165) is 48.4 Å². The molecule has 1 aliphatic rings. The van der Waals surface area contributed by atoms with Gasteiger partial charge in [-0.15, -0.1) is 0 Å². The van der Waals surface area contributed by atoms with Gasteiger partial charge in [-0.2, -0.15) is 5.26 Å². The van der Waals surface area contributed by atoms with Crippen molar-refractivity contribution < 1.29 is 9.53 Å². The lowest BCUT2D eigenvalue weighted by Crippen LogP contribution is -2.28. The van der Waals surface area contributed by atoms with Crippen LogP contribution >= 0.6 is 0 Å². The molecule has 0 unspecified atom stereocenters. The Morgan fingerprint density at radius 2 is 1.88 bits per heavy atom. The molecule has 1 N–H and O–H groups in total. The summed E-state index contributed by atoms with van der Waals surface area (Å²) in [6.07, 6.45) is 6.22. The van der Waals surface area contributed by atoms with Gasteiger partial charge in [-0.05, 0) is 50.8 Å². The smallest absolute Gasteiger partial charge is 0.223 e. The predicted molar refractivity (Wildman–Crippen MR) is 131 cm³/mol. The number of hydrogen-bond donors (Lipinski definition) is 1. The summed E-state index contributed by atoms with van der Waals surface area (Å²) in [5.41, 5.74) is 4.41. The molecule has 0 bridgehead atoms. The highest BCUT2D eigenvalue weighted by Crippen LogP contribution is 2.23. The van der Waals surface area contributed by atoms with Crippen LogP contribution in [-0.4, -0.2) is 35.0 Å². The molecule has 1 aromatic heterocycles. The molecule has 1 fully saturated rings. The number of nitrogens with one attached hydrogen (secondary N) is 1. The fourth-order valence-corrected chi connectivity index (χ4v) is 3.11. The van der Waals surface area contributed by atoms with Crippen LogP contribution in [0.15, 0.2) is 30.5 Å². The Balaban J connectivity index is 0.000000769. The van der Waals surface area contributed by atoms with Crippen molar-refractivity contribution in [3.63, 3.8) is 0 Å². The Labute approximate surface area is 192 Å². The largest absolute Gasteiger partial charge is 0.381 e. The topological polar surface area (TPSA) is 87.9 Å². The fourth-order valence-electron chi connectivity index (χ4n) is 3.11. The molecule has 3 rings (SSSR count). The van der Waals surface area contributed by atoms with Gasteiger partial charge in [0.2, 0.25) is 5.95 Å². The third kappa shape index (κ3) is 8.60. The second-order valence-corrected chi connectivity index (χ2v) is 7.21. The van der Waals surface area contributed by atoms with Crippen LogP contribution in [0.3, 0.4) is 0 Å². The first-order chi connectivity index (χ1) is 15.5. The number of hydrogen-bond acceptors (Lipinski definition) is 6. The van der Waals surface area contributed by atoms with E-state index >= 15 is 0 Å². The molecule has 2 aromatic rings. The number of carbonyl (C=O) groups is 1. The SMILES string of the molecule is CC.CC(=O)/C(=C\c1cnc(NC2CCOCC2)nc1C)c1ccccc1C.CCC#N. The van der Waals surface area contributed by atoms with Crippen molar-refractivity contribution in [3.05, 3.63) is 52.8 Å². The number of nitriles is 1. The van der Waals surface area contributed by atoms with Gasteiger partial charge in [0.1, 0.15) is 0 Å². The summed E-state index contributed by atoms with van der Waals surface area (Å²) in [7, 11) is 0. The lowest BCUT2D eigenvalue weighted by molar-refractivity contribution is -0.111. The molecule has 2 heterocycles. The summed E-state index contributed by atoms with van der Waals surface area (Å²) < 4.78 is 5.38. The van der Waals surface area contributed by atoms with Gasteiger partial charge in [-0.1, -0.05) is 45.0 Å². The molecule has 0 atom stereocenters. The molecule has 6 heteroatoms. The maximum absolute atomic E-state index is 12.2. The summed E-state index contributed by atoms with van der Waals surface area (Å²) in [4.78, 5) is 21.2. The van der Waals surface area contributed by atoms with Crippen molar-refractivity contribution in [1.82, 2.24) is 9.97 Å². The molecular weight excluding hydrogens is 400 g/mol. The van der Waals surface area contributed by atoms with Crippen molar-refractivity contribution in [1.29, 1.82) is 5.26 Å². The van der Waals surface area contributed by atoms with E-state index in [1.54, 1.807) is 13.1 Å². The number of benzene rings is 1. The maximum Gasteiger partial charge on any atom is 0.223 e. The molecule has 0 saturated carbocycles. The summed E-state index contributed by atoms with van der Waals surface area (Å²) in [5, 5.41) is 11.0. The van der Waals surface area contributed by atoms with Crippen LogP contribution in [0.25, 0.3) is 11.6 Å². The maximum atomic E-state index is 12.2. The van der Waals surface area contributed by atoms with Gasteiger partial charge in [0.05, 0.1) is 11.8 Å². The van der Waals surface area contributed by atoms with E-state index in [-0.39, 0.29) is 5.78 Å². The van der Waals surface area contributed by atoms with Gasteiger partial charge >= 0.3 is 0 Å². The first-order valence-electron chi connectivity index (χ1n) is 11.3. The number of Topliss-reactive ketones (excluding diaryl/α,β-unsaturated/α-hetero) is 1. The van der Waals surface area contributed by atoms with E-state index in [1.165, 1.54) is 0 Å². The number of allylic oxidation sites excluding steroid dienone is 1. The van der Waals surface area contributed by atoms with Gasteiger partial charge in [0, 0.05) is 43.0 Å². The van der Waals surface area contributed by atoms with Crippen LogP contribution in [0.5, 0.6) is 0 Å². The minimum atomic E-state index is 0.0307. The zero-order valence-corrected chi connectivity index (χ0v) is 20.2. The minimum absolute atomic E-state index is 0.0307. The Kier molecular flexibility index (Phi) is 12.5. The number of carbonyl (C=O) groups excluding carboxylic acids is 1. The van der Waals surface area contributed by atoms with Crippen LogP contribution in [0.1, 0.15) is 69.3 Å². The average molecular weight is 437 g/mol. The molecular formula is C26H36N4O2. The van der Waals surface area contributed by atoms with Crippen LogP contribution in [0.2, 0.25) is 0 Å². The van der Waals surface area contributed by atoms with Gasteiger partial charge in [0.15, 0.2) is 5.78 Å². The van der Waals surface area contributed by atoms with E-state index in [9.17, 15) is 4.79 Å². The Morgan fingerprint density at radius 3 is 2.41 bits per heavy atom. The highest BCUT2D eigenvalue weighted by atomic mass is 16.5. The van der Waals surface area contributed by atoms with Crippen LogP contribution < -0.4 is 5.32 Å². The number of aryl methyl sites for hydroxylation is 2. The quantitative estimate of drug-likeness (QED) is 0.600. The second-order valence-electron chi connectivity index (χ2n) is 7.21.